The van der Waals surface area contributed by atoms with Gasteiger partial charge in [0.15, 0.2) is 0 Å². The van der Waals surface area contributed by atoms with Crippen LogP contribution in [0.5, 0.6) is 0 Å². The number of hydrogen-bond acceptors (Lipinski definition) is 5. The van der Waals surface area contributed by atoms with E-state index in [1.165, 1.54) is 212 Å². The topological polar surface area (TPSA) is 105 Å². The summed E-state index contributed by atoms with van der Waals surface area (Å²) >= 11 is 0. The Morgan fingerprint density at radius 1 is 0.522 bits per heavy atom. The molecule has 67 heavy (non-hydrogen) atoms. The molecule has 0 saturated carbocycles. The molecule has 0 saturated heterocycles. The number of phosphoric acid groups is 1. The number of nitrogens with zero attached hydrogens (tertiary/aromatic N) is 1. The fourth-order valence-corrected chi connectivity index (χ4v) is 9.65. The summed E-state index contributed by atoms with van der Waals surface area (Å²) in [6.07, 6.45) is 62.3. The van der Waals surface area contributed by atoms with E-state index in [1.54, 1.807) is 0 Å². The van der Waals surface area contributed by atoms with Crippen LogP contribution in [0.15, 0.2) is 24.3 Å². The molecule has 0 aliphatic carbocycles. The number of aliphatic hydroxyl groups excluding tert-OH is 1. The molecular weight excluding hydrogens is 852 g/mol. The zero-order valence-electron chi connectivity index (χ0n) is 45.4. The molecule has 0 spiro atoms. The maximum atomic E-state index is 13.0. The molecule has 0 bridgehead atoms. The molecule has 0 fully saturated rings. The number of phosphoric ester groups is 1. The summed E-state index contributed by atoms with van der Waals surface area (Å²) < 4.78 is 23.8. The van der Waals surface area contributed by atoms with Gasteiger partial charge in [0.05, 0.1) is 39.9 Å². The number of hydrogen-bond donors (Lipinski definition) is 3. The molecule has 398 valence electrons. The van der Waals surface area contributed by atoms with Crippen molar-refractivity contribution in [3.63, 3.8) is 0 Å². The number of carbonyl (C=O) groups is 1. The van der Waals surface area contributed by atoms with E-state index in [1.807, 2.05) is 21.1 Å². The number of unbranched alkanes of at least 4 members (excludes halogenated alkanes) is 37. The van der Waals surface area contributed by atoms with Crippen LogP contribution in [0, 0.1) is 0 Å². The molecule has 0 aliphatic heterocycles. The summed E-state index contributed by atoms with van der Waals surface area (Å²) in [5.41, 5.74) is 0. The SMILES string of the molecule is CC/C=C\C/C=C\CCCCCCCCCCCCCCCCC(=O)NC(COP(=O)(O)OCC[N+](C)(C)C)C(O)CCCCCCCCCCCCCCCCCCCCCCCCCC. The lowest BCUT2D eigenvalue weighted by atomic mass is 10.0. The molecule has 9 heteroatoms. The lowest BCUT2D eigenvalue weighted by Crippen LogP contribution is -2.46. The third-order valence-electron chi connectivity index (χ3n) is 13.5. The Bertz CT molecular complexity index is 1140. The third kappa shape index (κ3) is 52.6. The van der Waals surface area contributed by atoms with Crippen LogP contribution >= 0.6 is 7.82 Å². The number of amides is 1. The summed E-state index contributed by atoms with van der Waals surface area (Å²) in [6.45, 7) is 4.83. The number of rotatable bonds is 54. The zero-order valence-corrected chi connectivity index (χ0v) is 46.3. The summed E-state index contributed by atoms with van der Waals surface area (Å²) in [5, 5.41) is 14.1. The number of aliphatic hydroxyl groups is 1. The standard InChI is InChI=1S/C58H115N2O6P/c1-6-8-10-12-14-16-18-20-22-24-26-28-29-30-32-33-35-37-39-41-43-45-47-49-51-57(61)56(55-66-67(63,64)65-54-53-60(3,4)5)59-58(62)52-50-48-46-44-42-40-38-36-34-31-27-25-23-21-19-17-15-13-11-9-7-2/h9,11,15,17,56-57,61H,6-8,10,12-14,16,18-55H2,1-5H3,(H-,59,62,63,64)/p+1/b11-9-,17-15-. The van der Waals surface area contributed by atoms with Gasteiger partial charge in [-0.3, -0.25) is 13.8 Å². The van der Waals surface area contributed by atoms with Gasteiger partial charge in [-0.15, -0.1) is 0 Å². The van der Waals surface area contributed by atoms with Gasteiger partial charge in [0.25, 0.3) is 0 Å². The van der Waals surface area contributed by atoms with Crippen molar-refractivity contribution < 1.29 is 32.9 Å². The van der Waals surface area contributed by atoms with Crippen LogP contribution in [-0.2, 0) is 18.4 Å². The molecular formula is C58H116N2O6P+. The van der Waals surface area contributed by atoms with Crippen LogP contribution in [0.1, 0.15) is 290 Å². The molecule has 0 aromatic rings. The van der Waals surface area contributed by atoms with Gasteiger partial charge < -0.3 is 19.8 Å². The van der Waals surface area contributed by atoms with E-state index >= 15 is 0 Å². The van der Waals surface area contributed by atoms with Crippen molar-refractivity contribution in [2.45, 2.75) is 302 Å². The van der Waals surface area contributed by atoms with Gasteiger partial charge in [0.2, 0.25) is 5.91 Å². The Balaban J connectivity index is 4.13. The fourth-order valence-electron chi connectivity index (χ4n) is 8.91. The second kappa shape index (κ2) is 49.9. The van der Waals surface area contributed by atoms with E-state index in [0.717, 1.165) is 51.4 Å². The van der Waals surface area contributed by atoms with Gasteiger partial charge in [-0.1, -0.05) is 269 Å². The minimum Gasteiger partial charge on any atom is -0.391 e. The van der Waals surface area contributed by atoms with Crippen LogP contribution in [0.4, 0.5) is 0 Å². The van der Waals surface area contributed by atoms with Gasteiger partial charge in [-0.05, 0) is 38.5 Å². The molecule has 3 atom stereocenters. The number of carbonyl (C=O) groups excluding carboxylic acids is 1. The maximum Gasteiger partial charge on any atom is 0.472 e. The lowest BCUT2D eigenvalue weighted by Gasteiger charge is -2.26. The number of allylic oxidation sites excluding steroid dienone is 4. The second-order valence-electron chi connectivity index (χ2n) is 21.3. The largest absolute Gasteiger partial charge is 0.472 e. The molecule has 3 unspecified atom stereocenters. The van der Waals surface area contributed by atoms with Crippen LogP contribution in [0.2, 0.25) is 0 Å². The quantitative estimate of drug-likeness (QED) is 0.0243. The summed E-state index contributed by atoms with van der Waals surface area (Å²) in [6, 6.07) is -0.759. The molecule has 3 N–H and O–H groups in total. The predicted molar refractivity (Wildman–Crippen MR) is 291 cm³/mol. The van der Waals surface area contributed by atoms with Crippen molar-refractivity contribution in [2.24, 2.45) is 0 Å². The number of likely N-dealkylation sites (N-methyl/N-ethyl adjacent to an activating group) is 1. The molecule has 0 aromatic heterocycles. The highest BCUT2D eigenvalue weighted by Gasteiger charge is 2.28. The zero-order chi connectivity index (χ0) is 49.2. The Morgan fingerprint density at radius 2 is 0.896 bits per heavy atom. The molecule has 1 amide bonds. The first-order valence-corrected chi connectivity index (χ1v) is 30.7. The predicted octanol–water partition coefficient (Wildman–Crippen LogP) is 17.6. The Hall–Kier alpha value is -1.02. The van der Waals surface area contributed by atoms with E-state index in [-0.39, 0.29) is 19.1 Å². The van der Waals surface area contributed by atoms with Crippen molar-refractivity contribution in [1.29, 1.82) is 0 Å². The smallest absolute Gasteiger partial charge is 0.391 e. The number of quaternary nitrogens is 1. The van der Waals surface area contributed by atoms with E-state index in [9.17, 15) is 19.4 Å². The molecule has 0 rings (SSSR count). The molecule has 8 nitrogen and oxygen atoms in total. The number of nitrogens with one attached hydrogen (secondary N) is 1. The highest BCUT2D eigenvalue weighted by molar-refractivity contribution is 7.47. The highest BCUT2D eigenvalue weighted by atomic mass is 31.2. The average Bonchev–Trinajstić information content (AvgIpc) is 3.29. The minimum absolute atomic E-state index is 0.0765. The van der Waals surface area contributed by atoms with E-state index in [0.29, 0.717) is 23.9 Å². The first-order chi connectivity index (χ1) is 32.5. The fraction of sp³-hybridized carbons (Fsp3) is 0.914. The summed E-state index contributed by atoms with van der Waals surface area (Å²) in [5.74, 6) is -0.140. The second-order valence-corrected chi connectivity index (χ2v) is 22.8. The van der Waals surface area contributed by atoms with Crippen LogP contribution in [-0.4, -0.2) is 73.4 Å². The highest BCUT2D eigenvalue weighted by Crippen LogP contribution is 2.43. The molecule has 0 aliphatic rings. The summed E-state index contributed by atoms with van der Waals surface area (Å²) in [7, 11) is 1.63. The molecule has 0 aromatic carbocycles. The van der Waals surface area contributed by atoms with Gasteiger partial charge >= 0.3 is 7.82 Å². The maximum absolute atomic E-state index is 13.0. The van der Waals surface area contributed by atoms with Crippen LogP contribution in [0.25, 0.3) is 0 Å². The van der Waals surface area contributed by atoms with Crippen molar-refractivity contribution in [2.75, 3.05) is 40.9 Å². The lowest BCUT2D eigenvalue weighted by molar-refractivity contribution is -0.870. The third-order valence-corrected chi connectivity index (χ3v) is 14.4. The average molecular weight is 969 g/mol. The van der Waals surface area contributed by atoms with Crippen molar-refractivity contribution in [1.82, 2.24) is 5.32 Å². The molecule has 0 radical (unpaired) electrons. The van der Waals surface area contributed by atoms with Gasteiger partial charge in [-0.25, -0.2) is 4.57 Å². The Kier molecular flexibility index (Phi) is 49.2. The Morgan fingerprint density at radius 3 is 1.30 bits per heavy atom. The van der Waals surface area contributed by atoms with E-state index in [4.69, 9.17) is 9.05 Å². The summed E-state index contributed by atoms with van der Waals surface area (Å²) in [4.78, 5) is 23.3. The van der Waals surface area contributed by atoms with Gasteiger partial charge in [0.1, 0.15) is 13.2 Å². The van der Waals surface area contributed by atoms with E-state index < -0.39 is 20.0 Å². The Labute approximate surface area is 417 Å². The van der Waals surface area contributed by atoms with Gasteiger partial charge in [0, 0.05) is 6.42 Å². The van der Waals surface area contributed by atoms with Crippen molar-refractivity contribution >= 4 is 13.7 Å². The van der Waals surface area contributed by atoms with E-state index in [2.05, 4.69) is 43.5 Å². The minimum atomic E-state index is -4.32. The normalized spacial score (nSPS) is 14.1. The molecule has 0 heterocycles. The first-order valence-electron chi connectivity index (χ1n) is 29.2. The van der Waals surface area contributed by atoms with Crippen molar-refractivity contribution in [3.8, 4) is 0 Å². The first kappa shape index (κ1) is 66.0. The van der Waals surface area contributed by atoms with Crippen LogP contribution in [0.3, 0.4) is 0 Å². The van der Waals surface area contributed by atoms with Crippen LogP contribution < -0.4 is 5.32 Å². The monoisotopic (exact) mass is 968 g/mol. The van der Waals surface area contributed by atoms with Crippen molar-refractivity contribution in [3.05, 3.63) is 24.3 Å². The van der Waals surface area contributed by atoms with Gasteiger partial charge in [-0.2, -0.15) is 0 Å².